The molecule has 0 aliphatic carbocycles. The van der Waals surface area contributed by atoms with Crippen LogP contribution in [0.1, 0.15) is 11.5 Å². The molecule has 1 aromatic rings. The van der Waals surface area contributed by atoms with Gasteiger partial charge in [-0.05, 0) is 6.92 Å². The number of nitrogens with zero attached hydrogens (tertiary/aromatic N) is 2. The van der Waals surface area contributed by atoms with Crippen molar-refractivity contribution in [2.45, 2.75) is 6.92 Å². The second-order valence-electron chi connectivity index (χ2n) is 2.09. The van der Waals surface area contributed by atoms with Crippen LogP contribution in [0.15, 0.2) is 6.07 Å². The third kappa shape index (κ3) is 1.84. The van der Waals surface area contributed by atoms with E-state index in [0.29, 0.717) is 17.3 Å². The zero-order valence-corrected chi connectivity index (χ0v) is 6.85. The van der Waals surface area contributed by atoms with Gasteiger partial charge in [0.1, 0.15) is 22.3 Å². The second kappa shape index (κ2) is 2.79. The van der Waals surface area contributed by atoms with E-state index in [0.717, 1.165) is 0 Å². The van der Waals surface area contributed by atoms with Gasteiger partial charge < -0.3 is 11.5 Å². The molecule has 4 nitrogen and oxygen atoms in total. The summed E-state index contributed by atoms with van der Waals surface area (Å²) < 4.78 is 0. The van der Waals surface area contributed by atoms with Crippen molar-refractivity contribution >= 4 is 23.0 Å². The molecule has 0 saturated heterocycles. The van der Waals surface area contributed by atoms with Gasteiger partial charge in [-0.15, -0.1) is 0 Å². The maximum atomic E-state index is 5.43. The molecule has 0 aliphatic rings. The van der Waals surface area contributed by atoms with Crippen LogP contribution in [0.5, 0.6) is 0 Å². The molecule has 0 aliphatic heterocycles. The van der Waals surface area contributed by atoms with E-state index >= 15 is 0 Å². The summed E-state index contributed by atoms with van der Waals surface area (Å²) in [5.74, 6) is 0.966. The Balaban J connectivity index is 3.19. The number of aryl methyl sites for hydroxylation is 1. The highest BCUT2D eigenvalue weighted by Gasteiger charge is 2.00. The lowest BCUT2D eigenvalue weighted by atomic mass is 10.4. The largest absolute Gasteiger partial charge is 0.388 e. The molecule has 0 amide bonds. The Kier molecular flexibility index (Phi) is 2.00. The highest BCUT2D eigenvalue weighted by molar-refractivity contribution is 7.80. The summed E-state index contributed by atoms with van der Waals surface area (Å²) in [7, 11) is 0. The summed E-state index contributed by atoms with van der Waals surface area (Å²) in [6.07, 6.45) is 0. The van der Waals surface area contributed by atoms with E-state index < -0.39 is 0 Å². The van der Waals surface area contributed by atoms with E-state index in [4.69, 9.17) is 23.7 Å². The minimum absolute atomic E-state index is 0.238. The van der Waals surface area contributed by atoms with E-state index in [1.165, 1.54) is 0 Å². The molecule has 0 saturated carbocycles. The molecule has 0 unspecified atom stereocenters. The Morgan fingerprint density at radius 1 is 1.55 bits per heavy atom. The summed E-state index contributed by atoms with van der Waals surface area (Å²) in [4.78, 5) is 8.08. The smallest absolute Gasteiger partial charge is 0.128 e. The van der Waals surface area contributed by atoms with Crippen LogP contribution in [0.2, 0.25) is 0 Å². The SMILES string of the molecule is Cc1nc(N)cc(C(N)=S)n1. The van der Waals surface area contributed by atoms with Gasteiger partial charge in [-0.25, -0.2) is 9.97 Å². The fraction of sp³-hybridized carbons (Fsp3) is 0.167. The van der Waals surface area contributed by atoms with Crippen LogP contribution in [0.3, 0.4) is 0 Å². The predicted octanol–water partition coefficient (Wildman–Crippen LogP) is 0.00142. The molecule has 4 N–H and O–H groups in total. The lowest BCUT2D eigenvalue weighted by Gasteiger charge is -1.99. The molecule has 0 bridgehead atoms. The first-order valence-electron chi connectivity index (χ1n) is 3.00. The highest BCUT2D eigenvalue weighted by Crippen LogP contribution is 2.01. The Labute approximate surface area is 69.6 Å². The van der Waals surface area contributed by atoms with E-state index in [1.54, 1.807) is 13.0 Å². The highest BCUT2D eigenvalue weighted by atomic mass is 32.1. The number of aromatic nitrogens is 2. The van der Waals surface area contributed by atoms with E-state index in [1.807, 2.05) is 0 Å². The first-order chi connectivity index (χ1) is 5.09. The van der Waals surface area contributed by atoms with Crippen molar-refractivity contribution < 1.29 is 0 Å². The van der Waals surface area contributed by atoms with Crippen LogP contribution in [0, 0.1) is 6.92 Å². The third-order valence-electron chi connectivity index (χ3n) is 1.11. The lowest BCUT2D eigenvalue weighted by molar-refractivity contribution is 1.05. The molecule has 1 aromatic heterocycles. The Morgan fingerprint density at radius 3 is 2.64 bits per heavy atom. The average Bonchev–Trinajstić information content (AvgIpc) is 1.85. The molecule has 11 heavy (non-hydrogen) atoms. The molecule has 58 valence electrons. The van der Waals surface area contributed by atoms with E-state index in [9.17, 15) is 0 Å². The summed E-state index contributed by atoms with van der Waals surface area (Å²) in [5, 5.41) is 0. The van der Waals surface area contributed by atoms with Gasteiger partial charge in [0.2, 0.25) is 0 Å². The first kappa shape index (κ1) is 7.87. The first-order valence-corrected chi connectivity index (χ1v) is 3.41. The molecule has 0 radical (unpaired) electrons. The van der Waals surface area contributed by atoms with Crippen molar-refractivity contribution in [2.75, 3.05) is 5.73 Å². The number of thiocarbonyl (C=S) groups is 1. The molecular weight excluding hydrogens is 160 g/mol. The Morgan fingerprint density at radius 2 is 2.18 bits per heavy atom. The molecule has 1 rings (SSSR count). The quantitative estimate of drug-likeness (QED) is 0.577. The summed E-state index contributed by atoms with van der Waals surface area (Å²) >= 11 is 4.71. The van der Waals surface area contributed by atoms with Gasteiger partial charge in [0.05, 0.1) is 0 Å². The van der Waals surface area contributed by atoms with Crippen LogP contribution in [-0.4, -0.2) is 15.0 Å². The Bertz CT molecular complexity index is 276. The van der Waals surface area contributed by atoms with Crippen molar-refractivity contribution in [3.05, 3.63) is 17.6 Å². The maximum Gasteiger partial charge on any atom is 0.128 e. The van der Waals surface area contributed by atoms with Crippen LogP contribution >= 0.6 is 12.2 Å². The molecule has 0 fully saturated rings. The molecule has 0 aromatic carbocycles. The Hall–Kier alpha value is -1.23. The number of nitrogen functional groups attached to an aromatic ring is 1. The van der Waals surface area contributed by atoms with E-state index in [2.05, 4.69) is 9.97 Å². The summed E-state index contributed by atoms with van der Waals surface area (Å²) in [6.45, 7) is 1.73. The van der Waals surface area contributed by atoms with Crippen LogP contribution < -0.4 is 11.5 Å². The number of nitrogens with two attached hydrogens (primary N) is 2. The van der Waals surface area contributed by atoms with Crippen molar-refractivity contribution in [1.82, 2.24) is 9.97 Å². The number of rotatable bonds is 1. The van der Waals surface area contributed by atoms with Crippen LogP contribution in [0.4, 0.5) is 5.82 Å². The second-order valence-corrected chi connectivity index (χ2v) is 2.53. The number of hydrogen-bond donors (Lipinski definition) is 2. The number of hydrogen-bond acceptors (Lipinski definition) is 4. The molecule has 5 heteroatoms. The topological polar surface area (TPSA) is 77.8 Å². The van der Waals surface area contributed by atoms with Gasteiger partial charge in [0.15, 0.2) is 0 Å². The fourth-order valence-electron chi connectivity index (χ4n) is 0.717. The standard InChI is InChI=1S/C6H8N4S/c1-3-9-4(6(8)11)2-5(7)10-3/h2H,1H3,(H2,8,11)(H2,7,9,10). The van der Waals surface area contributed by atoms with E-state index in [-0.39, 0.29) is 4.99 Å². The van der Waals surface area contributed by atoms with Gasteiger partial charge >= 0.3 is 0 Å². The zero-order chi connectivity index (χ0) is 8.43. The maximum absolute atomic E-state index is 5.43. The predicted molar refractivity (Wildman–Crippen MR) is 47.1 cm³/mol. The number of anilines is 1. The minimum atomic E-state index is 0.238. The minimum Gasteiger partial charge on any atom is -0.388 e. The zero-order valence-electron chi connectivity index (χ0n) is 6.03. The third-order valence-corrected chi connectivity index (χ3v) is 1.32. The van der Waals surface area contributed by atoms with Gasteiger partial charge in [-0.1, -0.05) is 12.2 Å². The monoisotopic (exact) mass is 168 g/mol. The normalized spacial score (nSPS) is 9.55. The molecule has 0 atom stereocenters. The van der Waals surface area contributed by atoms with Crippen molar-refractivity contribution in [3.63, 3.8) is 0 Å². The van der Waals surface area contributed by atoms with Crippen molar-refractivity contribution in [2.24, 2.45) is 5.73 Å². The van der Waals surface area contributed by atoms with Crippen molar-refractivity contribution in [3.8, 4) is 0 Å². The summed E-state index contributed by atoms with van der Waals surface area (Å²) in [6, 6.07) is 1.55. The summed E-state index contributed by atoms with van der Waals surface area (Å²) in [5.41, 5.74) is 11.3. The van der Waals surface area contributed by atoms with Crippen LogP contribution in [0.25, 0.3) is 0 Å². The fourth-order valence-corrected chi connectivity index (χ4v) is 0.822. The van der Waals surface area contributed by atoms with Gasteiger partial charge in [0, 0.05) is 6.07 Å². The van der Waals surface area contributed by atoms with Gasteiger partial charge in [-0.3, -0.25) is 0 Å². The van der Waals surface area contributed by atoms with Crippen LogP contribution in [-0.2, 0) is 0 Å². The van der Waals surface area contributed by atoms with Gasteiger partial charge in [-0.2, -0.15) is 0 Å². The molecule has 1 heterocycles. The lowest BCUT2D eigenvalue weighted by Crippen LogP contribution is -2.13. The molecular formula is C6H8N4S. The van der Waals surface area contributed by atoms with Gasteiger partial charge in [0.25, 0.3) is 0 Å². The average molecular weight is 168 g/mol. The van der Waals surface area contributed by atoms with Crippen molar-refractivity contribution in [1.29, 1.82) is 0 Å². The molecule has 0 spiro atoms.